The highest BCUT2D eigenvalue weighted by Crippen LogP contribution is 2.20. The maximum Gasteiger partial charge on any atom is 0.276 e. The first-order valence-corrected chi connectivity index (χ1v) is 8.41. The molecular weight excluding hydrogens is 354 g/mol. The number of nitrogens with one attached hydrogen (secondary N) is 2. The van der Waals surface area contributed by atoms with Gasteiger partial charge in [0, 0.05) is 16.7 Å². The van der Waals surface area contributed by atoms with Crippen molar-refractivity contribution in [3.05, 3.63) is 65.3 Å². The summed E-state index contributed by atoms with van der Waals surface area (Å²) in [6.45, 7) is 1.74. The van der Waals surface area contributed by atoms with Gasteiger partial charge in [-0.2, -0.15) is 0 Å². The van der Waals surface area contributed by atoms with E-state index in [1.54, 1.807) is 18.2 Å². The van der Waals surface area contributed by atoms with Crippen molar-refractivity contribution < 1.29 is 14.3 Å². The van der Waals surface area contributed by atoms with Crippen molar-refractivity contribution in [1.82, 2.24) is 15.4 Å². The zero-order valence-electron chi connectivity index (χ0n) is 14.2. The molecule has 0 aliphatic rings. The smallest absolute Gasteiger partial charge is 0.276 e. The van der Waals surface area contributed by atoms with E-state index < -0.39 is 5.91 Å². The molecule has 6 nitrogen and oxygen atoms in total. The van der Waals surface area contributed by atoms with Crippen molar-refractivity contribution in [2.75, 3.05) is 6.61 Å². The van der Waals surface area contributed by atoms with E-state index in [2.05, 4.69) is 10.9 Å². The lowest BCUT2D eigenvalue weighted by Crippen LogP contribution is -2.45. The summed E-state index contributed by atoms with van der Waals surface area (Å²) in [5.74, 6) is -0.252. The number of hydrazine groups is 1. The number of carbonyl (C=O) groups is 2. The van der Waals surface area contributed by atoms with Crippen LogP contribution in [-0.4, -0.2) is 23.0 Å². The Morgan fingerprint density at radius 2 is 1.85 bits per heavy atom. The summed E-state index contributed by atoms with van der Waals surface area (Å²) < 4.78 is 7.18. The van der Waals surface area contributed by atoms with Crippen LogP contribution in [0.25, 0.3) is 10.9 Å². The van der Waals surface area contributed by atoms with Crippen LogP contribution in [0.5, 0.6) is 5.75 Å². The Morgan fingerprint density at radius 3 is 2.65 bits per heavy atom. The second-order valence-corrected chi connectivity index (χ2v) is 6.21. The summed E-state index contributed by atoms with van der Waals surface area (Å²) in [5, 5.41) is 1.68. The van der Waals surface area contributed by atoms with Gasteiger partial charge >= 0.3 is 0 Å². The molecule has 2 N–H and O–H groups in total. The second kappa shape index (κ2) is 7.93. The number of nitrogens with zero attached hydrogens (tertiary/aromatic N) is 1. The van der Waals surface area contributed by atoms with Gasteiger partial charge in [-0.25, -0.2) is 0 Å². The molecule has 0 bridgehead atoms. The van der Waals surface area contributed by atoms with Crippen molar-refractivity contribution in [1.29, 1.82) is 0 Å². The summed E-state index contributed by atoms with van der Waals surface area (Å²) in [5.41, 5.74) is 6.53. The molecule has 0 spiro atoms. The number of carbonyl (C=O) groups excluding carboxylic acids is 2. The monoisotopic (exact) mass is 371 g/mol. The first-order chi connectivity index (χ1) is 12.5. The summed E-state index contributed by atoms with van der Waals surface area (Å²) in [7, 11) is 0. The van der Waals surface area contributed by atoms with Gasteiger partial charge in [0.1, 0.15) is 12.3 Å². The van der Waals surface area contributed by atoms with Gasteiger partial charge in [-0.1, -0.05) is 29.8 Å². The van der Waals surface area contributed by atoms with E-state index in [1.807, 2.05) is 48.0 Å². The van der Waals surface area contributed by atoms with Crippen LogP contribution in [0.4, 0.5) is 0 Å². The molecule has 1 heterocycles. The van der Waals surface area contributed by atoms with E-state index in [1.165, 1.54) is 0 Å². The number of hydrogen-bond acceptors (Lipinski definition) is 3. The predicted octanol–water partition coefficient (Wildman–Crippen LogP) is 2.83. The Labute approximate surface area is 155 Å². The molecule has 3 rings (SSSR count). The lowest BCUT2D eigenvalue weighted by Gasteiger charge is -2.10. The van der Waals surface area contributed by atoms with Crippen LogP contribution in [0.2, 0.25) is 5.02 Å². The number of aryl methyl sites for hydroxylation is 1. The summed E-state index contributed by atoms with van der Waals surface area (Å²) >= 11 is 5.94. The number of rotatable bonds is 5. The highest BCUT2D eigenvalue weighted by Gasteiger charge is 2.08. The van der Waals surface area contributed by atoms with Crippen LogP contribution in [0.3, 0.4) is 0 Å². The topological polar surface area (TPSA) is 72.4 Å². The standard InChI is InChI=1S/C19H18ClN3O3/c1-13-10-15(6-7-16(13)20)26-12-19(25)22-21-18(24)11-23-9-8-14-4-2-3-5-17(14)23/h2-10H,11-12H2,1H3,(H,21,24)(H,22,25). The van der Waals surface area contributed by atoms with E-state index >= 15 is 0 Å². The van der Waals surface area contributed by atoms with Gasteiger partial charge in [0.15, 0.2) is 6.61 Å². The fourth-order valence-corrected chi connectivity index (χ4v) is 2.62. The molecule has 0 saturated carbocycles. The molecule has 0 fully saturated rings. The fourth-order valence-electron chi connectivity index (χ4n) is 2.50. The van der Waals surface area contributed by atoms with Crippen LogP contribution >= 0.6 is 11.6 Å². The average molecular weight is 372 g/mol. The van der Waals surface area contributed by atoms with Crippen LogP contribution < -0.4 is 15.6 Å². The molecule has 134 valence electrons. The number of amides is 2. The van der Waals surface area contributed by atoms with E-state index in [4.69, 9.17) is 16.3 Å². The Hall–Kier alpha value is -2.99. The van der Waals surface area contributed by atoms with Gasteiger partial charge in [0.05, 0.1) is 0 Å². The van der Waals surface area contributed by atoms with Crippen molar-refractivity contribution in [3.63, 3.8) is 0 Å². The zero-order valence-corrected chi connectivity index (χ0v) is 14.9. The van der Waals surface area contributed by atoms with Crippen molar-refractivity contribution in [3.8, 4) is 5.75 Å². The van der Waals surface area contributed by atoms with Crippen LogP contribution in [0.1, 0.15) is 5.56 Å². The van der Waals surface area contributed by atoms with E-state index in [9.17, 15) is 9.59 Å². The Bertz CT molecular complexity index is 952. The molecule has 26 heavy (non-hydrogen) atoms. The number of benzene rings is 2. The maximum atomic E-state index is 12.0. The van der Waals surface area contributed by atoms with Gasteiger partial charge in [-0.05, 0) is 48.2 Å². The average Bonchev–Trinajstić information content (AvgIpc) is 3.04. The molecule has 7 heteroatoms. The molecule has 0 radical (unpaired) electrons. The Morgan fingerprint density at radius 1 is 1.08 bits per heavy atom. The number of fused-ring (bicyclic) bond motifs is 1. The number of hydrogen-bond donors (Lipinski definition) is 2. The molecule has 2 amide bonds. The Balaban J connectivity index is 1.46. The van der Waals surface area contributed by atoms with Crippen LogP contribution in [0.15, 0.2) is 54.7 Å². The summed E-state index contributed by atoms with van der Waals surface area (Å²) in [4.78, 5) is 23.8. The molecule has 0 saturated heterocycles. The first kappa shape index (κ1) is 17.8. The molecule has 0 unspecified atom stereocenters. The first-order valence-electron chi connectivity index (χ1n) is 8.03. The predicted molar refractivity (Wildman–Crippen MR) is 99.9 cm³/mol. The van der Waals surface area contributed by atoms with Crippen molar-refractivity contribution in [2.24, 2.45) is 0 Å². The molecule has 0 aliphatic carbocycles. The minimum atomic E-state index is -0.455. The quantitative estimate of drug-likeness (QED) is 0.677. The molecule has 0 aliphatic heterocycles. The molecule has 1 aromatic heterocycles. The largest absolute Gasteiger partial charge is 0.484 e. The third kappa shape index (κ3) is 4.34. The Kier molecular flexibility index (Phi) is 5.43. The van der Waals surface area contributed by atoms with Gasteiger partial charge in [-0.3, -0.25) is 20.4 Å². The lowest BCUT2D eigenvalue weighted by atomic mass is 10.2. The molecule has 0 atom stereocenters. The highest BCUT2D eigenvalue weighted by atomic mass is 35.5. The third-order valence-electron chi connectivity index (χ3n) is 3.83. The lowest BCUT2D eigenvalue weighted by molar-refractivity contribution is -0.130. The number of ether oxygens (including phenoxy) is 1. The molecule has 2 aromatic carbocycles. The van der Waals surface area contributed by atoms with Gasteiger partial charge in [0.2, 0.25) is 0 Å². The van der Waals surface area contributed by atoms with Gasteiger partial charge in [0.25, 0.3) is 11.8 Å². The third-order valence-corrected chi connectivity index (χ3v) is 4.26. The van der Waals surface area contributed by atoms with Crippen LogP contribution in [0, 0.1) is 6.92 Å². The number of para-hydroxylation sites is 1. The summed E-state index contributed by atoms with van der Waals surface area (Å²) in [6, 6.07) is 14.8. The van der Waals surface area contributed by atoms with Gasteiger partial charge < -0.3 is 9.30 Å². The number of aromatic nitrogens is 1. The summed E-state index contributed by atoms with van der Waals surface area (Å²) in [6.07, 6.45) is 1.83. The molecular formula is C19H18ClN3O3. The number of halogens is 1. The van der Waals surface area contributed by atoms with E-state index in [0.29, 0.717) is 10.8 Å². The zero-order chi connectivity index (χ0) is 18.5. The van der Waals surface area contributed by atoms with Crippen LogP contribution in [-0.2, 0) is 16.1 Å². The fraction of sp³-hybridized carbons (Fsp3) is 0.158. The molecule has 3 aromatic rings. The highest BCUT2D eigenvalue weighted by molar-refractivity contribution is 6.31. The SMILES string of the molecule is Cc1cc(OCC(=O)NNC(=O)Cn2ccc3ccccc32)ccc1Cl. The van der Waals surface area contributed by atoms with E-state index in [-0.39, 0.29) is 19.1 Å². The normalized spacial score (nSPS) is 10.5. The minimum absolute atomic E-state index is 0.102. The van der Waals surface area contributed by atoms with Crippen molar-refractivity contribution >= 4 is 34.3 Å². The minimum Gasteiger partial charge on any atom is -0.484 e. The second-order valence-electron chi connectivity index (χ2n) is 5.80. The van der Waals surface area contributed by atoms with Gasteiger partial charge in [-0.15, -0.1) is 0 Å². The van der Waals surface area contributed by atoms with Crippen molar-refractivity contribution in [2.45, 2.75) is 13.5 Å². The maximum absolute atomic E-state index is 12.0. The van der Waals surface area contributed by atoms with E-state index in [0.717, 1.165) is 16.5 Å².